The molecular formula is C69H120O6. The van der Waals surface area contributed by atoms with Crippen molar-refractivity contribution in [1.82, 2.24) is 0 Å². The summed E-state index contributed by atoms with van der Waals surface area (Å²) in [6, 6.07) is 0. The van der Waals surface area contributed by atoms with Gasteiger partial charge in [-0.3, -0.25) is 14.4 Å². The number of carbonyl (C=O) groups is 3. The van der Waals surface area contributed by atoms with Gasteiger partial charge in [0.15, 0.2) is 6.10 Å². The van der Waals surface area contributed by atoms with E-state index in [4.69, 9.17) is 14.2 Å². The fourth-order valence-electron chi connectivity index (χ4n) is 9.09. The normalized spacial score (nSPS) is 12.6. The number of unbranched alkanes of at least 4 members (excludes halogenated alkanes) is 33. The summed E-state index contributed by atoms with van der Waals surface area (Å²) < 4.78 is 16.9. The summed E-state index contributed by atoms with van der Waals surface area (Å²) >= 11 is 0. The maximum atomic E-state index is 12.9. The first-order chi connectivity index (χ1) is 37.0. The van der Waals surface area contributed by atoms with E-state index in [1.165, 1.54) is 180 Å². The highest BCUT2D eigenvalue weighted by Gasteiger charge is 2.19. The number of hydrogen-bond donors (Lipinski definition) is 0. The smallest absolute Gasteiger partial charge is 0.306 e. The molecule has 0 aliphatic carbocycles. The molecule has 0 aromatic rings. The molecule has 0 heterocycles. The Balaban J connectivity index is 4.32. The highest BCUT2D eigenvalue weighted by Crippen LogP contribution is 2.16. The summed E-state index contributed by atoms with van der Waals surface area (Å²) in [5, 5.41) is 0. The van der Waals surface area contributed by atoms with Crippen LogP contribution in [0.3, 0.4) is 0 Å². The van der Waals surface area contributed by atoms with Gasteiger partial charge in [0.1, 0.15) is 13.2 Å². The summed E-state index contributed by atoms with van der Waals surface area (Å²) in [7, 11) is 0. The molecule has 0 amide bonds. The van der Waals surface area contributed by atoms with Gasteiger partial charge in [0, 0.05) is 19.3 Å². The Hall–Kier alpha value is -3.41. The molecule has 0 saturated carbocycles. The molecule has 0 fully saturated rings. The monoisotopic (exact) mass is 1040 g/mol. The second kappa shape index (κ2) is 63.1. The van der Waals surface area contributed by atoms with Crippen LogP contribution in [0.15, 0.2) is 85.1 Å². The number of rotatable bonds is 58. The Morgan fingerprint density at radius 1 is 0.280 bits per heavy atom. The molecule has 0 aromatic heterocycles. The van der Waals surface area contributed by atoms with Gasteiger partial charge in [0.25, 0.3) is 0 Å². The van der Waals surface area contributed by atoms with Crippen LogP contribution in [0.5, 0.6) is 0 Å². The molecule has 6 nitrogen and oxygen atoms in total. The van der Waals surface area contributed by atoms with Crippen molar-refractivity contribution in [3.63, 3.8) is 0 Å². The maximum absolute atomic E-state index is 12.9. The zero-order chi connectivity index (χ0) is 54.3. The Morgan fingerprint density at radius 2 is 0.520 bits per heavy atom. The molecule has 1 atom stereocenters. The third-order valence-electron chi connectivity index (χ3n) is 13.9. The standard InChI is InChI=1S/C69H120O6/c1-4-7-10-13-16-19-22-24-26-28-30-32-33-34-35-37-38-40-42-44-47-50-53-56-59-62-68(71)74-65-66(64-73-67(70)61-58-55-52-49-46-21-18-15-12-9-6-3)75-69(72)63-60-57-54-51-48-45-43-41-39-36-31-29-27-25-23-20-17-14-11-8-5-2/h8,11,17,20,25,27-28,30-31,36,41,43,48,51,66H,4-7,9-10,12-16,18-19,21-24,26,29,32-35,37-40,42,44-47,49-50,52-65H2,1-3H3/b11-8-,20-17-,27-25-,30-28-,36-31-,43-41-,51-48-. The Bertz CT molecular complexity index is 1430. The quantitative estimate of drug-likeness (QED) is 0.0261. The fraction of sp³-hybridized carbons (Fsp3) is 0.754. The lowest BCUT2D eigenvalue weighted by atomic mass is 10.0. The van der Waals surface area contributed by atoms with Crippen molar-refractivity contribution in [2.45, 2.75) is 322 Å². The molecule has 1 unspecified atom stereocenters. The van der Waals surface area contributed by atoms with Crippen molar-refractivity contribution in [1.29, 1.82) is 0 Å². The van der Waals surface area contributed by atoms with E-state index >= 15 is 0 Å². The predicted octanol–water partition coefficient (Wildman–Crippen LogP) is 21.9. The average Bonchev–Trinajstić information content (AvgIpc) is 3.41. The Labute approximate surface area is 465 Å². The van der Waals surface area contributed by atoms with Crippen LogP contribution in [0.1, 0.15) is 316 Å². The van der Waals surface area contributed by atoms with Gasteiger partial charge < -0.3 is 14.2 Å². The summed E-state index contributed by atoms with van der Waals surface area (Å²) in [5.74, 6) is -0.924. The zero-order valence-electron chi connectivity index (χ0n) is 49.6. The first-order valence-electron chi connectivity index (χ1n) is 32.1. The molecule has 0 spiro atoms. The average molecular weight is 1050 g/mol. The van der Waals surface area contributed by atoms with Crippen molar-refractivity contribution in [3.8, 4) is 0 Å². The van der Waals surface area contributed by atoms with Crippen molar-refractivity contribution in [3.05, 3.63) is 85.1 Å². The topological polar surface area (TPSA) is 78.9 Å². The van der Waals surface area contributed by atoms with Crippen LogP contribution in [0, 0.1) is 0 Å². The third kappa shape index (κ3) is 61.3. The molecule has 0 aromatic carbocycles. The summed E-state index contributed by atoms with van der Waals surface area (Å²) in [6.07, 6.45) is 83.1. The van der Waals surface area contributed by atoms with Crippen LogP contribution in [0.2, 0.25) is 0 Å². The van der Waals surface area contributed by atoms with Crippen LogP contribution < -0.4 is 0 Å². The lowest BCUT2D eigenvalue weighted by molar-refractivity contribution is -0.167. The van der Waals surface area contributed by atoms with Crippen molar-refractivity contribution in [2.24, 2.45) is 0 Å². The Morgan fingerprint density at radius 3 is 0.853 bits per heavy atom. The molecule has 75 heavy (non-hydrogen) atoms. The van der Waals surface area contributed by atoms with E-state index in [0.29, 0.717) is 19.3 Å². The SMILES string of the molecule is CC/C=C\C/C=C\C/C=C\C/C=C\C/C=C\C/C=C\CCCCC(=O)OC(COC(=O)CCCCCCCCCCCCC)COC(=O)CCCCCCCCCCCCCCC/C=C\CCCCCCCCCC. The molecule has 0 rings (SSSR count). The van der Waals surface area contributed by atoms with Crippen LogP contribution in [0.25, 0.3) is 0 Å². The van der Waals surface area contributed by atoms with Crippen molar-refractivity contribution >= 4 is 17.9 Å². The van der Waals surface area contributed by atoms with Gasteiger partial charge in [0.05, 0.1) is 0 Å². The zero-order valence-corrected chi connectivity index (χ0v) is 49.6. The highest BCUT2D eigenvalue weighted by molar-refractivity contribution is 5.71. The summed E-state index contributed by atoms with van der Waals surface area (Å²) in [4.78, 5) is 38.2. The van der Waals surface area contributed by atoms with E-state index in [-0.39, 0.29) is 37.5 Å². The van der Waals surface area contributed by atoms with Gasteiger partial charge in [-0.2, -0.15) is 0 Å². The molecule has 0 aliphatic heterocycles. The number of allylic oxidation sites excluding steroid dienone is 14. The van der Waals surface area contributed by atoms with E-state index in [1.54, 1.807) is 0 Å². The van der Waals surface area contributed by atoms with E-state index in [1.807, 2.05) is 0 Å². The van der Waals surface area contributed by atoms with Gasteiger partial charge in [-0.15, -0.1) is 0 Å². The van der Waals surface area contributed by atoms with E-state index in [2.05, 4.69) is 106 Å². The maximum Gasteiger partial charge on any atom is 0.306 e. The summed E-state index contributed by atoms with van der Waals surface area (Å²) in [6.45, 7) is 6.51. The van der Waals surface area contributed by atoms with Gasteiger partial charge in [-0.05, 0) is 96.3 Å². The fourth-order valence-corrected chi connectivity index (χ4v) is 9.09. The van der Waals surface area contributed by atoms with Gasteiger partial charge in [-0.1, -0.05) is 286 Å². The number of esters is 3. The summed E-state index contributed by atoms with van der Waals surface area (Å²) in [5.41, 5.74) is 0. The largest absolute Gasteiger partial charge is 0.462 e. The second-order valence-electron chi connectivity index (χ2n) is 21.3. The number of hydrogen-bond acceptors (Lipinski definition) is 6. The van der Waals surface area contributed by atoms with Crippen LogP contribution in [-0.4, -0.2) is 37.2 Å². The van der Waals surface area contributed by atoms with Crippen molar-refractivity contribution in [2.75, 3.05) is 13.2 Å². The van der Waals surface area contributed by atoms with E-state index in [9.17, 15) is 14.4 Å². The second-order valence-corrected chi connectivity index (χ2v) is 21.3. The van der Waals surface area contributed by atoms with E-state index in [0.717, 1.165) is 89.9 Å². The molecule has 432 valence electrons. The third-order valence-corrected chi connectivity index (χ3v) is 13.9. The Kier molecular flexibility index (Phi) is 60.3. The number of ether oxygens (including phenoxy) is 3. The minimum atomic E-state index is -0.799. The lowest BCUT2D eigenvalue weighted by Crippen LogP contribution is -2.30. The van der Waals surface area contributed by atoms with Crippen molar-refractivity contribution < 1.29 is 28.6 Å². The molecular weight excluding hydrogens is 925 g/mol. The molecule has 0 aliphatic rings. The lowest BCUT2D eigenvalue weighted by Gasteiger charge is -2.18. The van der Waals surface area contributed by atoms with Crippen LogP contribution >= 0.6 is 0 Å². The number of carbonyl (C=O) groups excluding carboxylic acids is 3. The van der Waals surface area contributed by atoms with Gasteiger partial charge in [-0.25, -0.2) is 0 Å². The molecule has 0 bridgehead atoms. The highest BCUT2D eigenvalue weighted by atomic mass is 16.6. The first kappa shape index (κ1) is 71.6. The minimum Gasteiger partial charge on any atom is -0.462 e. The van der Waals surface area contributed by atoms with Crippen LogP contribution in [0.4, 0.5) is 0 Å². The van der Waals surface area contributed by atoms with Gasteiger partial charge in [0.2, 0.25) is 0 Å². The molecule has 0 radical (unpaired) electrons. The first-order valence-corrected chi connectivity index (χ1v) is 32.1. The van der Waals surface area contributed by atoms with Gasteiger partial charge >= 0.3 is 17.9 Å². The molecule has 6 heteroatoms. The minimum absolute atomic E-state index is 0.0915. The van der Waals surface area contributed by atoms with E-state index < -0.39 is 6.10 Å². The predicted molar refractivity (Wildman–Crippen MR) is 325 cm³/mol. The van der Waals surface area contributed by atoms with Crippen LogP contribution in [-0.2, 0) is 28.6 Å². The molecule has 0 saturated heterocycles. The molecule has 0 N–H and O–H groups in total.